The Balaban J connectivity index is 1.89. The van der Waals surface area contributed by atoms with E-state index in [4.69, 9.17) is 4.42 Å². The predicted molar refractivity (Wildman–Crippen MR) is 80.6 cm³/mol. The van der Waals surface area contributed by atoms with Gasteiger partial charge in [-0.25, -0.2) is 4.79 Å². The third-order valence-corrected chi connectivity index (χ3v) is 4.15. The molecule has 9 heteroatoms. The molecule has 1 aliphatic heterocycles. The molecule has 0 bridgehead atoms. The van der Waals surface area contributed by atoms with Crippen LogP contribution in [0.25, 0.3) is 6.08 Å². The predicted octanol–water partition coefficient (Wildman–Crippen LogP) is 1.98. The van der Waals surface area contributed by atoms with Gasteiger partial charge in [0, 0.05) is 6.04 Å². The third-order valence-electron chi connectivity index (χ3n) is 4.15. The zero-order valence-electron chi connectivity index (χ0n) is 12.7. The lowest BCUT2D eigenvalue weighted by Gasteiger charge is -2.35. The molecule has 1 saturated carbocycles. The van der Waals surface area contributed by atoms with Gasteiger partial charge >= 0.3 is 11.9 Å². The molecule has 0 atom stereocenters. The number of hydrogen-bond donors (Lipinski definition) is 1. The second-order valence-electron chi connectivity index (χ2n) is 5.72. The number of hydrogen-bond acceptors (Lipinski definition) is 6. The number of urea groups is 1. The molecule has 24 heavy (non-hydrogen) atoms. The Morgan fingerprint density at radius 1 is 1.21 bits per heavy atom. The second-order valence-corrected chi connectivity index (χ2v) is 5.72. The number of furan rings is 1. The van der Waals surface area contributed by atoms with Gasteiger partial charge in [0.2, 0.25) is 0 Å². The fourth-order valence-corrected chi connectivity index (χ4v) is 3.00. The van der Waals surface area contributed by atoms with Crippen LogP contribution in [0.1, 0.15) is 37.9 Å². The highest BCUT2D eigenvalue weighted by molar-refractivity contribution is 6.31. The maximum atomic E-state index is 12.6. The fraction of sp³-hybridized carbons (Fsp3) is 0.400. The third kappa shape index (κ3) is 2.92. The zero-order chi connectivity index (χ0) is 17.3. The van der Waals surface area contributed by atoms with E-state index in [1.807, 2.05) is 0 Å². The second kappa shape index (κ2) is 6.26. The van der Waals surface area contributed by atoms with E-state index in [2.05, 4.69) is 5.32 Å². The van der Waals surface area contributed by atoms with Gasteiger partial charge in [0.1, 0.15) is 16.3 Å². The molecule has 0 radical (unpaired) electrons. The highest BCUT2D eigenvalue weighted by atomic mass is 16.6. The quantitative estimate of drug-likeness (QED) is 0.390. The van der Waals surface area contributed by atoms with Crippen LogP contribution in [0, 0.1) is 10.1 Å². The van der Waals surface area contributed by atoms with Crippen molar-refractivity contribution in [3.8, 4) is 0 Å². The van der Waals surface area contributed by atoms with Crippen molar-refractivity contribution in [2.24, 2.45) is 0 Å². The van der Waals surface area contributed by atoms with Crippen molar-refractivity contribution in [2.45, 2.75) is 38.1 Å². The number of carbonyl (C=O) groups excluding carboxylic acids is 3. The van der Waals surface area contributed by atoms with Gasteiger partial charge in [-0.2, -0.15) is 0 Å². The molecule has 1 aromatic heterocycles. The molecule has 2 heterocycles. The first-order valence-electron chi connectivity index (χ1n) is 7.62. The van der Waals surface area contributed by atoms with Crippen LogP contribution >= 0.6 is 0 Å². The summed E-state index contributed by atoms with van der Waals surface area (Å²) in [7, 11) is 0. The van der Waals surface area contributed by atoms with Gasteiger partial charge in [-0.05, 0) is 25.0 Å². The smallest absolute Gasteiger partial charge is 0.401 e. The average Bonchev–Trinajstić information content (AvgIpc) is 3.01. The minimum Gasteiger partial charge on any atom is -0.401 e. The average molecular weight is 333 g/mol. The molecule has 3 rings (SSSR count). The molecule has 1 aliphatic carbocycles. The minimum atomic E-state index is -0.837. The minimum absolute atomic E-state index is 0.00172. The Morgan fingerprint density at radius 2 is 1.92 bits per heavy atom. The molecule has 1 N–H and O–H groups in total. The summed E-state index contributed by atoms with van der Waals surface area (Å²) < 4.78 is 4.94. The lowest BCUT2D eigenvalue weighted by molar-refractivity contribution is -0.402. The number of barbiturate groups is 1. The SMILES string of the molecule is O=C1NC(=O)N(C2CCCCC2)C(=O)C1=Cc1ccc([N+](=O)[O-])o1. The van der Waals surface area contributed by atoms with E-state index >= 15 is 0 Å². The number of rotatable bonds is 3. The van der Waals surface area contributed by atoms with Crippen LogP contribution in [0.2, 0.25) is 0 Å². The number of nitrogens with zero attached hydrogens (tertiary/aromatic N) is 2. The van der Waals surface area contributed by atoms with Gasteiger partial charge in [-0.1, -0.05) is 19.3 Å². The summed E-state index contributed by atoms with van der Waals surface area (Å²) >= 11 is 0. The Hall–Kier alpha value is -2.97. The molecule has 2 aliphatic rings. The number of amides is 4. The first kappa shape index (κ1) is 15.9. The van der Waals surface area contributed by atoms with Gasteiger partial charge in [0.25, 0.3) is 11.8 Å². The Bertz CT molecular complexity index is 744. The van der Waals surface area contributed by atoms with Crippen LogP contribution in [0.4, 0.5) is 10.7 Å². The Labute approximate surface area is 136 Å². The summed E-state index contributed by atoms with van der Waals surface area (Å²) in [5.74, 6) is -2.03. The van der Waals surface area contributed by atoms with E-state index in [-0.39, 0.29) is 17.4 Å². The molecule has 1 aromatic rings. The molecule has 0 aromatic carbocycles. The van der Waals surface area contributed by atoms with E-state index in [9.17, 15) is 24.5 Å². The normalized spacial score (nSPS) is 21.2. The molecule has 9 nitrogen and oxygen atoms in total. The molecule has 1 saturated heterocycles. The topological polar surface area (TPSA) is 123 Å². The summed E-state index contributed by atoms with van der Waals surface area (Å²) in [6, 6.07) is 1.45. The Kier molecular flexibility index (Phi) is 4.15. The van der Waals surface area contributed by atoms with Gasteiger partial charge in [-0.3, -0.25) is 29.9 Å². The van der Waals surface area contributed by atoms with E-state index in [1.165, 1.54) is 6.07 Å². The van der Waals surface area contributed by atoms with Crippen molar-refractivity contribution in [2.75, 3.05) is 0 Å². The van der Waals surface area contributed by atoms with E-state index in [1.54, 1.807) is 0 Å². The zero-order valence-corrected chi connectivity index (χ0v) is 12.7. The molecule has 2 fully saturated rings. The van der Waals surface area contributed by atoms with Crippen molar-refractivity contribution in [3.63, 3.8) is 0 Å². The molecule has 0 unspecified atom stereocenters. The van der Waals surface area contributed by atoms with Crippen LogP contribution < -0.4 is 5.32 Å². The van der Waals surface area contributed by atoms with Crippen LogP contribution in [-0.4, -0.2) is 33.7 Å². The first-order chi connectivity index (χ1) is 11.5. The lowest BCUT2D eigenvalue weighted by Crippen LogP contribution is -2.58. The van der Waals surface area contributed by atoms with Crippen molar-refractivity contribution in [1.82, 2.24) is 10.2 Å². The monoisotopic (exact) mass is 333 g/mol. The first-order valence-corrected chi connectivity index (χ1v) is 7.62. The van der Waals surface area contributed by atoms with E-state index in [0.717, 1.165) is 36.3 Å². The van der Waals surface area contributed by atoms with Gasteiger partial charge in [-0.15, -0.1) is 0 Å². The summed E-state index contributed by atoms with van der Waals surface area (Å²) in [5, 5.41) is 12.8. The largest absolute Gasteiger partial charge is 0.433 e. The highest BCUT2D eigenvalue weighted by Crippen LogP contribution is 2.27. The number of nitrogens with one attached hydrogen (secondary N) is 1. The van der Waals surface area contributed by atoms with Crippen molar-refractivity contribution < 1.29 is 23.7 Å². The van der Waals surface area contributed by atoms with Gasteiger partial charge in [0.05, 0.1) is 6.07 Å². The molecular formula is C15H15N3O6. The molecular weight excluding hydrogens is 318 g/mol. The van der Waals surface area contributed by atoms with Crippen LogP contribution in [0.5, 0.6) is 0 Å². The van der Waals surface area contributed by atoms with E-state index in [0.29, 0.717) is 12.8 Å². The summed E-state index contributed by atoms with van der Waals surface area (Å²) in [4.78, 5) is 47.6. The van der Waals surface area contributed by atoms with Gasteiger partial charge in [0.15, 0.2) is 0 Å². The van der Waals surface area contributed by atoms with Crippen molar-refractivity contribution in [1.29, 1.82) is 0 Å². The standard InChI is InChI=1S/C15H15N3O6/c19-13-11(8-10-6-7-12(24-10)18(22)23)14(20)17(15(21)16-13)9-4-2-1-3-5-9/h6-9H,1-5H2,(H,16,19,21). The summed E-state index contributed by atoms with van der Waals surface area (Å²) in [6.45, 7) is 0. The van der Waals surface area contributed by atoms with Crippen molar-refractivity contribution in [3.05, 3.63) is 33.6 Å². The Morgan fingerprint density at radius 3 is 2.54 bits per heavy atom. The van der Waals surface area contributed by atoms with Crippen LogP contribution in [0.15, 0.2) is 22.1 Å². The summed E-state index contributed by atoms with van der Waals surface area (Å²) in [6.07, 6.45) is 5.41. The molecule has 0 spiro atoms. The molecule has 4 amide bonds. The van der Waals surface area contributed by atoms with Crippen molar-refractivity contribution >= 4 is 29.8 Å². The van der Waals surface area contributed by atoms with E-state index < -0.39 is 28.7 Å². The maximum absolute atomic E-state index is 12.6. The van der Waals surface area contributed by atoms with Gasteiger partial charge < -0.3 is 4.42 Å². The fourth-order valence-electron chi connectivity index (χ4n) is 3.00. The highest BCUT2D eigenvalue weighted by Gasteiger charge is 2.40. The van der Waals surface area contributed by atoms with Crippen LogP contribution in [0.3, 0.4) is 0 Å². The maximum Gasteiger partial charge on any atom is 0.433 e. The lowest BCUT2D eigenvalue weighted by atomic mass is 9.93. The number of imide groups is 2. The van der Waals surface area contributed by atoms with Crippen LogP contribution in [-0.2, 0) is 9.59 Å². The molecule has 126 valence electrons. The number of nitro groups is 1. The number of carbonyl (C=O) groups is 3. The summed E-state index contributed by atoms with van der Waals surface area (Å²) in [5.41, 5.74) is -0.274.